The van der Waals surface area contributed by atoms with Crippen LogP contribution in [0, 0.1) is 0 Å². The van der Waals surface area contributed by atoms with Gasteiger partial charge in [-0.05, 0) is 29.6 Å². The summed E-state index contributed by atoms with van der Waals surface area (Å²) in [6.07, 6.45) is 0. The van der Waals surface area contributed by atoms with Gasteiger partial charge in [-0.1, -0.05) is 35.5 Å². The highest BCUT2D eigenvalue weighted by Crippen LogP contribution is 2.26. The number of nitrogens with zero attached hydrogens (tertiary/aromatic N) is 3. The van der Waals surface area contributed by atoms with Crippen LogP contribution in [-0.2, 0) is 7.05 Å². The Bertz CT molecular complexity index is 743. The van der Waals surface area contributed by atoms with Crippen LogP contribution in [0.4, 0.5) is 0 Å². The van der Waals surface area contributed by atoms with Crippen LogP contribution in [0.15, 0.2) is 46.9 Å². The second kappa shape index (κ2) is 7.17. The molecule has 0 saturated carbocycles. The van der Waals surface area contributed by atoms with Crippen molar-refractivity contribution in [2.75, 3.05) is 12.4 Å². The lowest BCUT2D eigenvalue weighted by Gasteiger charge is -2.06. The zero-order valence-electron chi connectivity index (χ0n) is 11.9. The molecule has 22 heavy (non-hydrogen) atoms. The first kappa shape index (κ1) is 15.4. The Morgan fingerprint density at radius 3 is 2.95 bits per heavy atom. The number of hydrogen-bond acceptors (Lipinski definition) is 5. The Labute approximate surface area is 142 Å². The Morgan fingerprint density at radius 1 is 1.27 bits per heavy atom. The molecule has 4 nitrogen and oxygen atoms in total. The second-order valence-electron chi connectivity index (χ2n) is 4.50. The lowest BCUT2D eigenvalue weighted by molar-refractivity contribution is 0.344. The van der Waals surface area contributed by atoms with E-state index in [1.165, 1.54) is 0 Å². The molecule has 0 N–H and O–H groups in total. The van der Waals surface area contributed by atoms with Crippen LogP contribution in [0.5, 0.6) is 5.75 Å². The molecular weight excluding hydrogens is 338 g/mol. The molecular formula is C15H14ClN3OS2. The fraction of sp³-hybridized carbons (Fsp3) is 0.200. The van der Waals surface area contributed by atoms with Crippen LogP contribution in [0.2, 0.25) is 5.02 Å². The molecule has 0 saturated heterocycles. The third-order valence-corrected chi connectivity index (χ3v) is 5.04. The first-order chi connectivity index (χ1) is 10.7. The van der Waals surface area contributed by atoms with Crippen molar-refractivity contribution in [3.63, 3.8) is 0 Å². The van der Waals surface area contributed by atoms with Gasteiger partial charge < -0.3 is 9.30 Å². The van der Waals surface area contributed by atoms with Crippen LogP contribution < -0.4 is 4.74 Å². The molecule has 0 atom stereocenters. The van der Waals surface area contributed by atoms with E-state index in [4.69, 9.17) is 16.3 Å². The van der Waals surface area contributed by atoms with Gasteiger partial charge in [0.25, 0.3) is 0 Å². The molecule has 0 amide bonds. The van der Waals surface area contributed by atoms with Gasteiger partial charge in [-0.2, -0.15) is 0 Å². The van der Waals surface area contributed by atoms with Gasteiger partial charge in [0.2, 0.25) is 0 Å². The quantitative estimate of drug-likeness (QED) is 0.488. The standard InChI is InChI=1S/C15H14ClN3OS2/c1-19-14(13-6-3-8-21-13)17-18-15(19)22-9-7-20-12-5-2-4-11(16)10-12/h2-6,8,10H,7,9H2,1H3. The van der Waals surface area contributed by atoms with E-state index in [1.807, 2.05) is 53.4 Å². The number of thioether (sulfide) groups is 1. The molecule has 2 aromatic heterocycles. The molecule has 0 radical (unpaired) electrons. The van der Waals surface area contributed by atoms with Gasteiger partial charge in [0.15, 0.2) is 11.0 Å². The highest BCUT2D eigenvalue weighted by atomic mass is 35.5. The predicted molar refractivity (Wildman–Crippen MR) is 92.0 cm³/mol. The topological polar surface area (TPSA) is 39.9 Å². The summed E-state index contributed by atoms with van der Waals surface area (Å²) in [7, 11) is 1.98. The van der Waals surface area contributed by atoms with E-state index >= 15 is 0 Å². The number of hydrogen-bond donors (Lipinski definition) is 0. The molecule has 0 aliphatic rings. The molecule has 7 heteroatoms. The molecule has 0 fully saturated rings. The number of thiophene rings is 1. The lowest BCUT2D eigenvalue weighted by atomic mass is 10.3. The average molecular weight is 352 g/mol. The van der Waals surface area contributed by atoms with Crippen molar-refractivity contribution < 1.29 is 4.74 Å². The number of aromatic nitrogens is 3. The van der Waals surface area contributed by atoms with E-state index in [2.05, 4.69) is 10.2 Å². The Kier molecular flexibility index (Phi) is 5.02. The summed E-state index contributed by atoms with van der Waals surface area (Å²) >= 11 is 9.21. The van der Waals surface area contributed by atoms with Crippen molar-refractivity contribution in [2.24, 2.45) is 7.05 Å². The van der Waals surface area contributed by atoms with E-state index in [1.54, 1.807) is 23.1 Å². The normalized spacial score (nSPS) is 10.8. The SMILES string of the molecule is Cn1c(SCCOc2cccc(Cl)c2)nnc1-c1cccs1. The second-order valence-corrected chi connectivity index (χ2v) is 6.94. The van der Waals surface area contributed by atoms with E-state index in [9.17, 15) is 0 Å². The van der Waals surface area contributed by atoms with E-state index in [-0.39, 0.29) is 0 Å². The van der Waals surface area contributed by atoms with Crippen molar-refractivity contribution in [3.05, 3.63) is 46.8 Å². The van der Waals surface area contributed by atoms with Crippen molar-refractivity contribution >= 4 is 34.7 Å². The largest absolute Gasteiger partial charge is 0.493 e. The first-order valence-electron chi connectivity index (χ1n) is 6.68. The van der Waals surface area contributed by atoms with Gasteiger partial charge in [0.05, 0.1) is 11.5 Å². The summed E-state index contributed by atoms with van der Waals surface area (Å²) in [4.78, 5) is 1.12. The smallest absolute Gasteiger partial charge is 0.191 e. The van der Waals surface area contributed by atoms with Gasteiger partial charge in [-0.15, -0.1) is 21.5 Å². The molecule has 0 aliphatic carbocycles. The fourth-order valence-corrected chi connectivity index (χ4v) is 3.56. The van der Waals surface area contributed by atoms with E-state index < -0.39 is 0 Å². The molecule has 114 valence electrons. The van der Waals surface area contributed by atoms with Crippen LogP contribution in [0.1, 0.15) is 0 Å². The molecule has 0 spiro atoms. The van der Waals surface area contributed by atoms with Crippen LogP contribution in [0.3, 0.4) is 0 Å². The summed E-state index contributed by atoms with van der Waals surface area (Å²) in [6, 6.07) is 11.5. The van der Waals surface area contributed by atoms with Crippen LogP contribution in [0.25, 0.3) is 10.7 Å². The summed E-state index contributed by atoms with van der Waals surface area (Å²) in [5.74, 6) is 2.47. The van der Waals surface area contributed by atoms with Crippen molar-refractivity contribution in [1.29, 1.82) is 0 Å². The predicted octanol–water partition coefficient (Wildman–Crippen LogP) is 4.37. The van der Waals surface area contributed by atoms with Gasteiger partial charge >= 0.3 is 0 Å². The third kappa shape index (κ3) is 3.63. The molecule has 0 bridgehead atoms. The summed E-state index contributed by atoms with van der Waals surface area (Å²) in [5, 5.41) is 12.1. The van der Waals surface area contributed by atoms with Gasteiger partial charge in [0.1, 0.15) is 5.75 Å². The Hall–Kier alpha value is -1.50. The first-order valence-corrected chi connectivity index (χ1v) is 8.93. The van der Waals surface area contributed by atoms with Gasteiger partial charge in [0, 0.05) is 17.8 Å². The maximum absolute atomic E-state index is 5.92. The molecule has 0 unspecified atom stereocenters. The van der Waals surface area contributed by atoms with Crippen LogP contribution >= 0.6 is 34.7 Å². The van der Waals surface area contributed by atoms with E-state index in [0.29, 0.717) is 11.6 Å². The van der Waals surface area contributed by atoms with Gasteiger partial charge in [-0.3, -0.25) is 0 Å². The number of rotatable bonds is 6. The van der Waals surface area contributed by atoms with Crippen molar-refractivity contribution in [3.8, 4) is 16.5 Å². The Balaban J connectivity index is 1.54. The highest BCUT2D eigenvalue weighted by Gasteiger charge is 2.11. The minimum atomic E-state index is 0.589. The zero-order chi connectivity index (χ0) is 15.4. The molecule has 0 aliphatic heterocycles. The summed E-state index contributed by atoms with van der Waals surface area (Å²) in [6.45, 7) is 0.589. The zero-order valence-corrected chi connectivity index (χ0v) is 14.3. The molecule has 3 rings (SSSR count). The number of halogens is 1. The minimum Gasteiger partial charge on any atom is -0.493 e. The van der Waals surface area contributed by atoms with Gasteiger partial charge in [-0.25, -0.2) is 0 Å². The maximum Gasteiger partial charge on any atom is 0.191 e. The lowest BCUT2D eigenvalue weighted by Crippen LogP contribution is -2.01. The molecule has 3 aromatic rings. The van der Waals surface area contributed by atoms with Crippen molar-refractivity contribution in [2.45, 2.75) is 5.16 Å². The van der Waals surface area contributed by atoms with E-state index in [0.717, 1.165) is 27.4 Å². The summed E-state index contributed by atoms with van der Waals surface area (Å²) < 4.78 is 7.68. The average Bonchev–Trinajstić information content (AvgIpc) is 3.14. The van der Waals surface area contributed by atoms with Crippen LogP contribution in [-0.4, -0.2) is 27.1 Å². The molecule has 1 aromatic carbocycles. The third-order valence-electron chi connectivity index (χ3n) is 2.96. The fourth-order valence-electron chi connectivity index (χ4n) is 1.91. The maximum atomic E-state index is 5.92. The molecule has 2 heterocycles. The summed E-state index contributed by atoms with van der Waals surface area (Å²) in [5.41, 5.74) is 0. The minimum absolute atomic E-state index is 0.589. The number of benzene rings is 1. The highest BCUT2D eigenvalue weighted by molar-refractivity contribution is 7.99. The van der Waals surface area contributed by atoms with Crippen molar-refractivity contribution in [1.82, 2.24) is 14.8 Å². The Morgan fingerprint density at radius 2 is 2.18 bits per heavy atom. The monoisotopic (exact) mass is 351 g/mol. The number of ether oxygens (including phenoxy) is 1.